The Morgan fingerprint density at radius 1 is 1.24 bits per heavy atom. The van der Waals surface area contributed by atoms with Gasteiger partial charge in [-0.05, 0) is 49.1 Å². The highest BCUT2D eigenvalue weighted by Gasteiger charge is 2.33. The van der Waals surface area contributed by atoms with Gasteiger partial charge in [-0.3, -0.25) is 4.99 Å². The number of anilines is 1. The summed E-state index contributed by atoms with van der Waals surface area (Å²) in [5.74, 6) is 2.46. The van der Waals surface area contributed by atoms with E-state index >= 15 is 0 Å². The monoisotopic (exact) mass is 402 g/mol. The summed E-state index contributed by atoms with van der Waals surface area (Å²) < 4.78 is 10.7. The highest BCUT2D eigenvalue weighted by atomic mass is 16.5. The van der Waals surface area contributed by atoms with E-state index in [0.29, 0.717) is 11.3 Å². The molecule has 0 radical (unpaired) electrons. The number of hydrogen-bond acceptors (Lipinski definition) is 4. The lowest BCUT2D eigenvalue weighted by Crippen LogP contribution is -2.45. The predicted octanol–water partition coefficient (Wildman–Crippen LogP) is 3.28. The number of ether oxygens (including phenoxy) is 2. The number of nitrogens with zero attached hydrogens (tertiary/aromatic N) is 2. The smallest absolute Gasteiger partial charge is 0.191 e. The van der Waals surface area contributed by atoms with Gasteiger partial charge in [0, 0.05) is 58.7 Å². The van der Waals surface area contributed by atoms with Gasteiger partial charge in [-0.2, -0.15) is 0 Å². The first-order chi connectivity index (χ1) is 14.2. The normalized spacial score (nSPS) is 21.4. The summed E-state index contributed by atoms with van der Waals surface area (Å²) >= 11 is 0. The van der Waals surface area contributed by atoms with Crippen molar-refractivity contribution in [3.63, 3.8) is 0 Å². The highest BCUT2D eigenvalue weighted by molar-refractivity contribution is 5.79. The van der Waals surface area contributed by atoms with E-state index < -0.39 is 0 Å². The average Bonchev–Trinajstić information content (AvgIpc) is 3.43. The van der Waals surface area contributed by atoms with E-state index in [9.17, 15) is 0 Å². The third-order valence-electron chi connectivity index (χ3n) is 6.62. The quantitative estimate of drug-likeness (QED) is 0.490. The van der Waals surface area contributed by atoms with Crippen LogP contribution in [-0.2, 0) is 4.74 Å². The van der Waals surface area contributed by atoms with Gasteiger partial charge in [0.05, 0.1) is 7.11 Å². The van der Waals surface area contributed by atoms with Crippen LogP contribution in [0.25, 0.3) is 0 Å². The predicted molar refractivity (Wildman–Crippen MR) is 120 cm³/mol. The molecule has 2 N–H and O–H groups in total. The molecule has 1 saturated heterocycles. The number of rotatable bonds is 9. The van der Waals surface area contributed by atoms with Gasteiger partial charge >= 0.3 is 0 Å². The molecule has 2 fully saturated rings. The summed E-state index contributed by atoms with van der Waals surface area (Å²) in [5.41, 5.74) is 1.61. The van der Waals surface area contributed by atoms with Gasteiger partial charge in [0.15, 0.2) is 5.96 Å². The molecule has 1 heterocycles. The van der Waals surface area contributed by atoms with Crippen LogP contribution < -0.4 is 20.3 Å². The number of aliphatic imine (C=N–C) groups is 1. The Labute approximate surface area is 176 Å². The second-order valence-electron chi connectivity index (χ2n) is 8.56. The van der Waals surface area contributed by atoms with Gasteiger partial charge in [-0.1, -0.05) is 18.9 Å². The van der Waals surface area contributed by atoms with E-state index in [-0.39, 0.29) is 0 Å². The first-order valence-electron chi connectivity index (χ1n) is 11.0. The van der Waals surface area contributed by atoms with Crippen LogP contribution in [0.5, 0.6) is 5.75 Å². The molecular weight excluding hydrogens is 364 g/mol. The van der Waals surface area contributed by atoms with Gasteiger partial charge in [0.2, 0.25) is 0 Å². The van der Waals surface area contributed by atoms with Crippen molar-refractivity contribution in [2.45, 2.75) is 38.5 Å². The minimum Gasteiger partial charge on any atom is -0.497 e. The van der Waals surface area contributed by atoms with E-state index in [4.69, 9.17) is 9.47 Å². The molecule has 1 aromatic carbocycles. The average molecular weight is 403 g/mol. The van der Waals surface area contributed by atoms with Gasteiger partial charge in [-0.25, -0.2) is 0 Å². The van der Waals surface area contributed by atoms with Crippen molar-refractivity contribution in [1.82, 2.24) is 10.6 Å². The first kappa shape index (κ1) is 21.8. The molecule has 1 aromatic rings. The van der Waals surface area contributed by atoms with Crippen molar-refractivity contribution in [2.75, 3.05) is 59.0 Å². The topological polar surface area (TPSA) is 58.1 Å². The SMILES string of the molecule is CN=C(NCC1CCN(c2cccc(OC)c2)C1)NCC1(CCOC)CCCC1. The Hall–Kier alpha value is -1.95. The number of guanidine groups is 1. The van der Waals surface area contributed by atoms with Crippen LogP contribution in [0.15, 0.2) is 29.3 Å². The maximum absolute atomic E-state index is 5.37. The molecule has 1 atom stereocenters. The molecule has 1 unspecified atom stereocenters. The van der Waals surface area contributed by atoms with Crippen LogP contribution in [0.1, 0.15) is 38.5 Å². The fraction of sp³-hybridized carbons (Fsp3) is 0.696. The van der Waals surface area contributed by atoms with Crippen molar-refractivity contribution in [3.05, 3.63) is 24.3 Å². The Kier molecular flexibility index (Phi) is 8.04. The van der Waals surface area contributed by atoms with E-state index in [0.717, 1.165) is 50.9 Å². The fourth-order valence-electron chi connectivity index (χ4n) is 4.73. The second-order valence-corrected chi connectivity index (χ2v) is 8.56. The Morgan fingerprint density at radius 3 is 2.79 bits per heavy atom. The van der Waals surface area contributed by atoms with Crippen LogP contribution in [-0.4, -0.2) is 60.0 Å². The van der Waals surface area contributed by atoms with Crippen molar-refractivity contribution in [2.24, 2.45) is 16.3 Å². The molecule has 162 valence electrons. The lowest BCUT2D eigenvalue weighted by atomic mass is 9.83. The van der Waals surface area contributed by atoms with E-state index in [2.05, 4.69) is 38.7 Å². The van der Waals surface area contributed by atoms with Crippen molar-refractivity contribution < 1.29 is 9.47 Å². The van der Waals surface area contributed by atoms with Crippen LogP contribution in [0.4, 0.5) is 5.69 Å². The number of methoxy groups -OCH3 is 2. The van der Waals surface area contributed by atoms with Crippen molar-refractivity contribution >= 4 is 11.6 Å². The van der Waals surface area contributed by atoms with E-state index in [1.807, 2.05) is 13.1 Å². The van der Waals surface area contributed by atoms with Crippen LogP contribution in [0.2, 0.25) is 0 Å². The summed E-state index contributed by atoms with van der Waals surface area (Å²) in [6, 6.07) is 8.35. The molecule has 0 aromatic heterocycles. The fourth-order valence-corrected chi connectivity index (χ4v) is 4.73. The Morgan fingerprint density at radius 2 is 2.07 bits per heavy atom. The van der Waals surface area contributed by atoms with Gasteiger partial charge in [0.25, 0.3) is 0 Å². The zero-order valence-corrected chi connectivity index (χ0v) is 18.4. The van der Waals surface area contributed by atoms with Gasteiger partial charge in [-0.15, -0.1) is 0 Å². The Balaban J connectivity index is 1.45. The lowest BCUT2D eigenvalue weighted by molar-refractivity contribution is 0.138. The molecule has 1 saturated carbocycles. The van der Waals surface area contributed by atoms with Crippen LogP contribution in [0, 0.1) is 11.3 Å². The van der Waals surface area contributed by atoms with E-state index in [1.54, 1.807) is 14.2 Å². The van der Waals surface area contributed by atoms with Crippen molar-refractivity contribution in [1.29, 1.82) is 0 Å². The zero-order chi connectivity index (χ0) is 20.5. The number of hydrogen-bond donors (Lipinski definition) is 2. The molecular formula is C23H38N4O2. The van der Waals surface area contributed by atoms with Gasteiger partial charge in [0.1, 0.15) is 5.75 Å². The third kappa shape index (κ3) is 6.01. The number of benzene rings is 1. The summed E-state index contributed by atoms with van der Waals surface area (Å²) in [7, 11) is 5.38. The molecule has 6 nitrogen and oxygen atoms in total. The summed E-state index contributed by atoms with van der Waals surface area (Å²) in [4.78, 5) is 6.90. The highest BCUT2D eigenvalue weighted by Crippen LogP contribution is 2.40. The molecule has 1 aliphatic carbocycles. The maximum Gasteiger partial charge on any atom is 0.191 e. The largest absolute Gasteiger partial charge is 0.497 e. The molecule has 29 heavy (non-hydrogen) atoms. The molecule has 2 aliphatic rings. The molecule has 0 bridgehead atoms. The maximum atomic E-state index is 5.37. The van der Waals surface area contributed by atoms with E-state index in [1.165, 1.54) is 37.8 Å². The second kappa shape index (κ2) is 10.7. The lowest BCUT2D eigenvalue weighted by Gasteiger charge is -2.30. The summed E-state index contributed by atoms with van der Waals surface area (Å²) in [6.07, 6.45) is 7.57. The summed E-state index contributed by atoms with van der Waals surface area (Å²) in [6.45, 7) is 4.93. The molecule has 0 amide bonds. The zero-order valence-electron chi connectivity index (χ0n) is 18.4. The first-order valence-corrected chi connectivity index (χ1v) is 11.0. The minimum absolute atomic E-state index is 0.365. The van der Waals surface area contributed by atoms with Gasteiger partial charge < -0.3 is 25.0 Å². The Bertz CT molecular complexity index is 658. The molecule has 0 spiro atoms. The summed E-state index contributed by atoms with van der Waals surface area (Å²) in [5, 5.41) is 7.16. The third-order valence-corrected chi connectivity index (χ3v) is 6.62. The standard InChI is InChI=1S/C23H38N4O2/c1-24-22(26-18-23(12-14-28-2)10-4-5-11-23)25-16-19-9-13-27(17-19)20-7-6-8-21(15-20)29-3/h6-8,15,19H,4-5,9-14,16-18H2,1-3H3,(H2,24,25,26). The minimum atomic E-state index is 0.365. The molecule has 6 heteroatoms. The van der Waals surface area contributed by atoms with Crippen LogP contribution >= 0.6 is 0 Å². The molecule has 1 aliphatic heterocycles. The van der Waals surface area contributed by atoms with Crippen LogP contribution in [0.3, 0.4) is 0 Å². The number of nitrogens with one attached hydrogen (secondary N) is 2. The van der Waals surface area contributed by atoms with Crippen molar-refractivity contribution in [3.8, 4) is 5.75 Å². The molecule has 3 rings (SSSR count).